The highest BCUT2D eigenvalue weighted by Crippen LogP contribution is 2.42. The topological polar surface area (TPSA) is 103 Å². The molecule has 0 spiro atoms. The smallest absolute Gasteiger partial charge is 0.335 e. The number of rotatable bonds is 9. The van der Waals surface area contributed by atoms with Crippen LogP contribution in [0.3, 0.4) is 0 Å². The Morgan fingerprint density at radius 3 is 2.62 bits per heavy atom. The van der Waals surface area contributed by atoms with Gasteiger partial charge in [0, 0.05) is 20.4 Å². The van der Waals surface area contributed by atoms with Crippen molar-refractivity contribution in [2.45, 2.75) is 32.8 Å². The molecule has 0 radical (unpaired) electrons. The van der Waals surface area contributed by atoms with Crippen LogP contribution in [-0.4, -0.2) is 34.1 Å². The molecule has 0 aliphatic rings. The molecular formula is C28H24Br3N3O5. The van der Waals surface area contributed by atoms with Gasteiger partial charge in [0.2, 0.25) is 0 Å². The highest BCUT2D eigenvalue weighted by molar-refractivity contribution is 9.13. The first kappa shape index (κ1) is 29.0. The minimum Gasteiger partial charge on any atom is -0.493 e. The van der Waals surface area contributed by atoms with Gasteiger partial charge in [0.15, 0.2) is 11.5 Å². The molecule has 0 fully saturated rings. The molecule has 0 unspecified atom stereocenters. The number of carboxylic acid groups (broad SMARTS) is 1. The predicted molar refractivity (Wildman–Crippen MR) is 162 cm³/mol. The lowest BCUT2D eigenvalue weighted by molar-refractivity contribution is 0.0696. The van der Waals surface area contributed by atoms with E-state index in [-0.39, 0.29) is 23.6 Å². The summed E-state index contributed by atoms with van der Waals surface area (Å²) >= 11 is 10.6. The van der Waals surface area contributed by atoms with Crippen LogP contribution in [0.15, 0.2) is 71.8 Å². The number of halogens is 3. The predicted octanol–water partition coefficient (Wildman–Crippen LogP) is 7.37. The molecule has 202 valence electrons. The Balaban J connectivity index is 1.73. The van der Waals surface area contributed by atoms with Crippen LogP contribution in [0.1, 0.15) is 53.5 Å². The van der Waals surface area contributed by atoms with E-state index in [0.717, 1.165) is 10.9 Å². The lowest BCUT2D eigenvalue weighted by Crippen LogP contribution is -2.23. The van der Waals surface area contributed by atoms with Crippen LogP contribution >= 0.6 is 47.8 Å². The largest absolute Gasteiger partial charge is 0.493 e. The first-order chi connectivity index (χ1) is 18.6. The quantitative estimate of drug-likeness (QED) is 0.181. The third kappa shape index (κ3) is 6.26. The number of benzene rings is 3. The number of nitrogens with zero attached hydrogens (tertiary/aromatic N) is 3. The normalized spacial score (nSPS) is 12.2. The summed E-state index contributed by atoms with van der Waals surface area (Å²) in [4.78, 5) is 29.5. The molecule has 0 saturated heterocycles. The Hall–Kier alpha value is -3.02. The van der Waals surface area contributed by atoms with Gasteiger partial charge in [-0.15, -0.1) is 0 Å². The Kier molecular flexibility index (Phi) is 9.24. The van der Waals surface area contributed by atoms with Crippen molar-refractivity contribution in [1.29, 1.82) is 0 Å². The SMILES string of the molecule is CC[C@@H](C)c1nc2ccc(Br)cc2c(=O)n1N=Cc1cc(OC)c(OCc2cccc(C(=O)O)c2)c(Br)c1Br. The first-order valence-corrected chi connectivity index (χ1v) is 14.3. The third-order valence-electron chi connectivity index (χ3n) is 6.13. The van der Waals surface area contributed by atoms with Gasteiger partial charge in [-0.05, 0) is 80.2 Å². The lowest BCUT2D eigenvalue weighted by atomic mass is 10.1. The molecule has 8 nitrogen and oxygen atoms in total. The van der Waals surface area contributed by atoms with Gasteiger partial charge in [0.05, 0.1) is 34.3 Å². The second-order valence-electron chi connectivity index (χ2n) is 8.72. The number of hydrogen-bond acceptors (Lipinski definition) is 6. The number of aromatic nitrogens is 2. The van der Waals surface area contributed by atoms with Gasteiger partial charge in [-0.3, -0.25) is 4.79 Å². The fourth-order valence-electron chi connectivity index (χ4n) is 3.83. The number of ether oxygens (including phenoxy) is 2. The molecule has 1 aromatic heterocycles. The molecule has 0 aliphatic carbocycles. The molecule has 1 heterocycles. The molecule has 0 saturated carbocycles. The van der Waals surface area contributed by atoms with Crippen LogP contribution in [0.25, 0.3) is 10.9 Å². The maximum Gasteiger partial charge on any atom is 0.335 e. The van der Waals surface area contributed by atoms with E-state index in [1.807, 2.05) is 26.0 Å². The van der Waals surface area contributed by atoms with Gasteiger partial charge < -0.3 is 14.6 Å². The van der Waals surface area contributed by atoms with E-state index in [4.69, 9.17) is 14.5 Å². The summed E-state index contributed by atoms with van der Waals surface area (Å²) in [7, 11) is 1.52. The van der Waals surface area contributed by atoms with Crippen LogP contribution in [-0.2, 0) is 6.61 Å². The molecule has 1 atom stereocenters. The second-order valence-corrected chi connectivity index (χ2v) is 11.2. The Labute approximate surface area is 250 Å². The fraction of sp³-hybridized carbons (Fsp3) is 0.214. The molecule has 1 N–H and O–H groups in total. The van der Waals surface area contributed by atoms with Crippen LogP contribution in [0.5, 0.6) is 11.5 Å². The zero-order valence-corrected chi connectivity index (χ0v) is 26.0. The summed E-state index contributed by atoms with van der Waals surface area (Å²) in [6.07, 6.45) is 2.35. The standard InChI is InChI=1S/C28H24Br3N3O5/c1-4-15(2)26-33-21-9-8-19(29)12-20(21)27(35)34(26)32-13-18-11-22(38-3)25(24(31)23(18)30)39-14-16-6-5-7-17(10-16)28(36)37/h5-13,15H,4,14H2,1-3H3,(H,36,37)/t15-/m1/s1. The van der Waals surface area contributed by atoms with Gasteiger partial charge >= 0.3 is 5.97 Å². The number of methoxy groups -OCH3 is 1. The monoisotopic (exact) mass is 719 g/mol. The number of fused-ring (bicyclic) bond motifs is 1. The van der Waals surface area contributed by atoms with Crippen LogP contribution < -0.4 is 15.0 Å². The lowest BCUT2D eigenvalue weighted by Gasteiger charge is -2.16. The summed E-state index contributed by atoms with van der Waals surface area (Å²) in [6.45, 7) is 4.17. The molecule has 0 amide bonds. The van der Waals surface area contributed by atoms with E-state index in [9.17, 15) is 14.7 Å². The van der Waals surface area contributed by atoms with Crippen molar-refractivity contribution in [3.05, 3.63) is 94.8 Å². The third-order valence-corrected chi connectivity index (χ3v) is 8.77. The zero-order valence-electron chi connectivity index (χ0n) is 21.2. The molecule has 0 aliphatic heterocycles. The van der Waals surface area contributed by atoms with E-state index in [1.54, 1.807) is 36.5 Å². The van der Waals surface area contributed by atoms with Crippen LogP contribution in [0.4, 0.5) is 0 Å². The molecule has 4 aromatic rings. The van der Waals surface area contributed by atoms with Crippen molar-refractivity contribution in [3.8, 4) is 11.5 Å². The Morgan fingerprint density at radius 1 is 1.15 bits per heavy atom. The number of carboxylic acids is 1. The van der Waals surface area contributed by atoms with Gasteiger partial charge in [0.25, 0.3) is 5.56 Å². The number of aromatic carboxylic acids is 1. The summed E-state index contributed by atoms with van der Waals surface area (Å²) in [5, 5.41) is 14.3. The summed E-state index contributed by atoms with van der Waals surface area (Å²) in [5.41, 5.74) is 1.86. The van der Waals surface area contributed by atoms with Gasteiger partial charge in [-0.1, -0.05) is 41.9 Å². The van der Waals surface area contributed by atoms with Gasteiger partial charge in [-0.25, -0.2) is 9.78 Å². The molecular weight excluding hydrogens is 698 g/mol. The zero-order chi connectivity index (χ0) is 28.3. The van der Waals surface area contributed by atoms with E-state index in [1.165, 1.54) is 17.9 Å². The average molecular weight is 722 g/mol. The molecule has 11 heteroatoms. The minimum absolute atomic E-state index is 0.00279. The van der Waals surface area contributed by atoms with Gasteiger partial charge in [0.1, 0.15) is 12.4 Å². The van der Waals surface area contributed by atoms with Crippen LogP contribution in [0.2, 0.25) is 0 Å². The van der Waals surface area contributed by atoms with Crippen molar-refractivity contribution in [1.82, 2.24) is 9.66 Å². The summed E-state index contributed by atoms with van der Waals surface area (Å²) < 4.78 is 14.9. The number of hydrogen-bond donors (Lipinski definition) is 1. The number of carbonyl (C=O) groups is 1. The summed E-state index contributed by atoms with van der Waals surface area (Å²) in [6, 6.07) is 13.7. The van der Waals surface area contributed by atoms with E-state index < -0.39 is 5.97 Å². The van der Waals surface area contributed by atoms with E-state index in [0.29, 0.717) is 48.3 Å². The van der Waals surface area contributed by atoms with Crippen molar-refractivity contribution >= 4 is 70.9 Å². The summed E-state index contributed by atoms with van der Waals surface area (Å²) in [5.74, 6) is 0.419. The molecule has 4 rings (SSSR count). The van der Waals surface area contributed by atoms with Crippen molar-refractivity contribution in [2.75, 3.05) is 7.11 Å². The highest BCUT2D eigenvalue weighted by Gasteiger charge is 2.19. The first-order valence-electron chi connectivity index (χ1n) is 11.9. The van der Waals surface area contributed by atoms with Crippen molar-refractivity contribution in [2.24, 2.45) is 5.10 Å². The Morgan fingerprint density at radius 2 is 1.92 bits per heavy atom. The maximum atomic E-state index is 13.4. The van der Waals surface area contributed by atoms with E-state index >= 15 is 0 Å². The second kappa shape index (κ2) is 12.4. The molecule has 0 bridgehead atoms. The fourth-order valence-corrected chi connectivity index (χ4v) is 5.13. The maximum absolute atomic E-state index is 13.4. The highest BCUT2D eigenvalue weighted by atomic mass is 79.9. The molecule has 3 aromatic carbocycles. The molecule has 39 heavy (non-hydrogen) atoms. The van der Waals surface area contributed by atoms with Crippen molar-refractivity contribution < 1.29 is 19.4 Å². The Bertz CT molecular complexity index is 1650. The minimum atomic E-state index is -1.01. The van der Waals surface area contributed by atoms with Gasteiger partial charge in [-0.2, -0.15) is 9.78 Å². The average Bonchev–Trinajstić information content (AvgIpc) is 2.93. The van der Waals surface area contributed by atoms with E-state index in [2.05, 4.69) is 52.9 Å². The van der Waals surface area contributed by atoms with Crippen molar-refractivity contribution in [3.63, 3.8) is 0 Å². The van der Waals surface area contributed by atoms with Crippen LogP contribution in [0, 0.1) is 0 Å².